The monoisotopic (exact) mass is 398 g/mol. The highest BCUT2D eigenvalue weighted by molar-refractivity contribution is 7.10. The van der Waals surface area contributed by atoms with Gasteiger partial charge in [-0.1, -0.05) is 24.3 Å². The SMILES string of the molecule is C[C@H](NC(=O)N[C@@H](c1ccc(F)cc1)c1cccs1)c1ccc2c(c1)OCO2. The summed E-state index contributed by atoms with van der Waals surface area (Å²) >= 11 is 1.53. The molecule has 2 N–H and O–H groups in total. The molecule has 0 aliphatic carbocycles. The van der Waals surface area contributed by atoms with Crippen LogP contribution in [0.2, 0.25) is 0 Å². The molecule has 28 heavy (non-hydrogen) atoms. The van der Waals surface area contributed by atoms with Crippen LogP contribution in [0.15, 0.2) is 60.0 Å². The number of nitrogens with one attached hydrogen (secondary N) is 2. The Balaban J connectivity index is 1.47. The zero-order chi connectivity index (χ0) is 19.5. The summed E-state index contributed by atoms with van der Waals surface area (Å²) in [7, 11) is 0. The van der Waals surface area contributed by atoms with Crippen LogP contribution in [0, 0.1) is 5.82 Å². The molecule has 0 radical (unpaired) electrons. The number of urea groups is 1. The molecule has 0 spiro atoms. The molecule has 144 valence electrons. The number of amides is 2. The summed E-state index contributed by atoms with van der Waals surface area (Å²) in [5.41, 5.74) is 1.73. The van der Waals surface area contributed by atoms with Crippen molar-refractivity contribution in [1.29, 1.82) is 0 Å². The third-order valence-corrected chi connectivity index (χ3v) is 5.49. The van der Waals surface area contributed by atoms with Gasteiger partial charge in [0.05, 0.1) is 12.1 Å². The number of halogens is 1. The number of thiophene rings is 1. The van der Waals surface area contributed by atoms with Crippen LogP contribution in [-0.2, 0) is 0 Å². The predicted molar refractivity (Wildman–Crippen MR) is 105 cm³/mol. The second kappa shape index (κ2) is 7.90. The van der Waals surface area contributed by atoms with Crippen molar-refractivity contribution in [3.63, 3.8) is 0 Å². The molecule has 1 aliphatic heterocycles. The van der Waals surface area contributed by atoms with E-state index in [1.54, 1.807) is 12.1 Å². The van der Waals surface area contributed by atoms with Crippen molar-refractivity contribution >= 4 is 17.4 Å². The normalized spacial score (nSPS) is 14.4. The van der Waals surface area contributed by atoms with Crippen LogP contribution in [0.25, 0.3) is 0 Å². The Kier molecular flexibility index (Phi) is 5.16. The van der Waals surface area contributed by atoms with Crippen molar-refractivity contribution < 1.29 is 18.7 Å². The third kappa shape index (κ3) is 3.94. The zero-order valence-electron chi connectivity index (χ0n) is 15.1. The number of benzene rings is 2. The van der Waals surface area contributed by atoms with E-state index in [9.17, 15) is 9.18 Å². The first-order valence-corrected chi connectivity index (χ1v) is 9.73. The molecule has 0 unspecified atom stereocenters. The molecule has 0 fully saturated rings. The Hall–Kier alpha value is -3.06. The summed E-state index contributed by atoms with van der Waals surface area (Å²) in [6.07, 6.45) is 0. The van der Waals surface area contributed by atoms with Gasteiger partial charge in [-0.2, -0.15) is 0 Å². The van der Waals surface area contributed by atoms with E-state index >= 15 is 0 Å². The minimum atomic E-state index is -0.357. The van der Waals surface area contributed by atoms with Gasteiger partial charge in [-0.3, -0.25) is 0 Å². The molecule has 5 nitrogen and oxygen atoms in total. The highest BCUT2D eigenvalue weighted by Crippen LogP contribution is 2.34. The summed E-state index contributed by atoms with van der Waals surface area (Å²) in [5.74, 6) is 1.07. The fourth-order valence-electron chi connectivity index (χ4n) is 3.06. The maximum atomic E-state index is 13.3. The largest absolute Gasteiger partial charge is 0.454 e. The molecule has 7 heteroatoms. The number of carbonyl (C=O) groups excluding carboxylic acids is 1. The fourth-order valence-corrected chi connectivity index (χ4v) is 3.87. The van der Waals surface area contributed by atoms with Gasteiger partial charge in [0.15, 0.2) is 11.5 Å². The van der Waals surface area contributed by atoms with Crippen molar-refractivity contribution in [2.75, 3.05) is 6.79 Å². The lowest BCUT2D eigenvalue weighted by Crippen LogP contribution is -2.39. The van der Waals surface area contributed by atoms with Crippen LogP contribution in [0.4, 0.5) is 9.18 Å². The van der Waals surface area contributed by atoms with E-state index in [0.29, 0.717) is 11.5 Å². The molecule has 0 saturated carbocycles. The van der Waals surface area contributed by atoms with Gasteiger partial charge in [0, 0.05) is 4.88 Å². The third-order valence-electron chi connectivity index (χ3n) is 4.55. The van der Waals surface area contributed by atoms with Crippen LogP contribution in [0.1, 0.15) is 35.0 Å². The highest BCUT2D eigenvalue weighted by atomic mass is 32.1. The average Bonchev–Trinajstić information content (AvgIpc) is 3.38. The van der Waals surface area contributed by atoms with Crippen molar-refractivity contribution in [3.05, 3.63) is 81.8 Å². The summed E-state index contributed by atoms with van der Waals surface area (Å²) in [6, 6.07) is 14.7. The van der Waals surface area contributed by atoms with Crippen LogP contribution < -0.4 is 20.1 Å². The van der Waals surface area contributed by atoms with E-state index in [2.05, 4.69) is 10.6 Å². The Bertz CT molecular complexity index is 960. The summed E-state index contributed by atoms with van der Waals surface area (Å²) in [6.45, 7) is 2.11. The van der Waals surface area contributed by atoms with Crippen LogP contribution in [-0.4, -0.2) is 12.8 Å². The second-order valence-electron chi connectivity index (χ2n) is 6.45. The second-order valence-corrected chi connectivity index (χ2v) is 7.43. The molecule has 2 atom stereocenters. The van der Waals surface area contributed by atoms with Crippen molar-refractivity contribution in [2.24, 2.45) is 0 Å². The Morgan fingerprint density at radius 3 is 2.54 bits per heavy atom. The highest BCUT2D eigenvalue weighted by Gasteiger charge is 2.20. The molecule has 1 aliphatic rings. The quantitative estimate of drug-likeness (QED) is 0.651. The molecule has 2 heterocycles. The summed E-state index contributed by atoms with van der Waals surface area (Å²) in [4.78, 5) is 13.6. The maximum absolute atomic E-state index is 13.3. The van der Waals surface area contributed by atoms with Gasteiger partial charge in [-0.25, -0.2) is 9.18 Å². The van der Waals surface area contributed by atoms with Crippen LogP contribution in [0.5, 0.6) is 11.5 Å². The lowest BCUT2D eigenvalue weighted by atomic mass is 10.1. The molecule has 4 rings (SSSR count). The number of ether oxygens (including phenoxy) is 2. The molecular weight excluding hydrogens is 379 g/mol. The van der Waals surface area contributed by atoms with Gasteiger partial charge < -0.3 is 20.1 Å². The van der Waals surface area contributed by atoms with Gasteiger partial charge >= 0.3 is 6.03 Å². The van der Waals surface area contributed by atoms with E-state index in [0.717, 1.165) is 16.0 Å². The number of carbonyl (C=O) groups is 1. The molecule has 0 saturated heterocycles. The number of hydrogen-bond acceptors (Lipinski definition) is 4. The summed E-state index contributed by atoms with van der Waals surface area (Å²) in [5, 5.41) is 7.88. The molecule has 2 aromatic carbocycles. The predicted octanol–water partition coefficient (Wildman–Crippen LogP) is 4.77. The molecule has 3 aromatic rings. The van der Waals surface area contributed by atoms with E-state index in [1.165, 1.54) is 23.5 Å². The first kappa shape index (κ1) is 18.3. The number of hydrogen-bond donors (Lipinski definition) is 2. The van der Waals surface area contributed by atoms with Crippen molar-refractivity contribution in [2.45, 2.75) is 19.0 Å². The standard InChI is InChI=1S/C21H19FN2O3S/c1-13(15-6-9-17-18(11-15)27-12-26-17)23-21(25)24-20(19-3-2-10-28-19)14-4-7-16(22)8-5-14/h2-11,13,20H,12H2,1H3,(H2,23,24,25)/t13-,20-/m0/s1. The Morgan fingerprint density at radius 1 is 1.04 bits per heavy atom. The van der Waals surface area contributed by atoms with Crippen molar-refractivity contribution in [3.8, 4) is 11.5 Å². The van der Waals surface area contributed by atoms with Crippen molar-refractivity contribution in [1.82, 2.24) is 10.6 Å². The van der Waals surface area contributed by atoms with Crippen LogP contribution >= 0.6 is 11.3 Å². The van der Waals surface area contributed by atoms with Crippen LogP contribution in [0.3, 0.4) is 0 Å². The van der Waals surface area contributed by atoms with E-state index < -0.39 is 0 Å². The minimum Gasteiger partial charge on any atom is -0.454 e. The topological polar surface area (TPSA) is 59.6 Å². The fraction of sp³-hybridized carbons (Fsp3) is 0.190. The lowest BCUT2D eigenvalue weighted by molar-refractivity contribution is 0.174. The number of rotatable bonds is 5. The van der Waals surface area contributed by atoms with Gasteiger partial charge in [0.2, 0.25) is 6.79 Å². The molecule has 1 aromatic heterocycles. The Morgan fingerprint density at radius 2 is 1.79 bits per heavy atom. The Labute approximate surface area is 166 Å². The minimum absolute atomic E-state index is 0.210. The molecule has 2 amide bonds. The van der Waals surface area contributed by atoms with Gasteiger partial charge in [-0.05, 0) is 53.8 Å². The maximum Gasteiger partial charge on any atom is 0.316 e. The van der Waals surface area contributed by atoms with E-state index in [4.69, 9.17) is 9.47 Å². The average molecular weight is 398 g/mol. The smallest absolute Gasteiger partial charge is 0.316 e. The lowest BCUT2D eigenvalue weighted by Gasteiger charge is -2.21. The van der Waals surface area contributed by atoms with Gasteiger partial charge in [0.25, 0.3) is 0 Å². The number of fused-ring (bicyclic) bond motifs is 1. The molecular formula is C21H19FN2O3S. The first-order valence-electron chi connectivity index (χ1n) is 8.85. The zero-order valence-corrected chi connectivity index (χ0v) is 16.0. The van der Waals surface area contributed by atoms with Gasteiger partial charge in [-0.15, -0.1) is 11.3 Å². The first-order chi connectivity index (χ1) is 13.6. The van der Waals surface area contributed by atoms with Gasteiger partial charge in [0.1, 0.15) is 5.82 Å². The molecule has 0 bridgehead atoms. The van der Waals surface area contributed by atoms with E-state index in [-0.39, 0.29) is 30.7 Å². The summed E-state index contributed by atoms with van der Waals surface area (Å²) < 4.78 is 24.0. The van der Waals surface area contributed by atoms with E-state index in [1.807, 2.05) is 42.6 Å².